The van der Waals surface area contributed by atoms with Crippen molar-refractivity contribution in [3.05, 3.63) is 131 Å². The molecule has 0 saturated carbocycles. The summed E-state index contributed by atoms with van der Waals surface area (Å²) in [5, 5.41) is 13.8. The lowest BCUT2D eigenvalue weighted by Gasteiger charge is -2.22. The number of allylic oxidation sites excluding steroid dienone is 2. The smallest absolute Gasteiger partial charge is 0.261 e. The van der Waals surface area contributed by atoms with Crippen LogP contribution in [0, 0.1) is 0 Å². The van der Waals surface area contributed by atoms with Crippen LogP contribution in [0.25, 0.3) is 0 Å². The number of rotatable bonds is 22. The van der Waals surface area contributed by atoms with Crippen LogP contribution in [-0.2, 0) is 50.0 Å². The molecule has 366 valence electrons. The second-order valence-electron chi connectivity index (χ2n) is 17.5. The summed E-state index contributed by atoms with van der Waals surface area (Å²) in [5.41, 5.74) is 7.38. The summed E-state index contributed by atoms with van der Waals surface area (Å²) in [4.78, 5) is 75.4. The van der Waals surface area contributed by atoms with Crippen LogP contribution in [0.15, 0.2) is 113 Å². The summed E-state index contributed by atoms with van der Waals surface area (Å²) in [6.45, 7) is 9.08. The Kier molecular flexibility index (Phi) is 17.1. The fourth-order valence-corrected chi connectivity index (χ4v) is 10.3. The third-order valence-electron chi connectivity index (χ3n) is 11.5. The molecule has 3 aliphatic heterocycles. The highest BCUT2D eigenvalue weighted by molar-refractivity contribution is 8.76. The third kappa shape index (κ3) is 13.8. The van der Waals surface area contributed by atoms with Crippen molar-refractivity contribution >= 4 is 86.3 Å². The fraction of sp³-hybridized carbons (Fsp3) is 0.327. The zero-order chi connectivity index (χ0) is 49.8. The van der Waals surface area contributed by atoms with Crippen LogP contribution in [0.3, 0.4) is 0 Å². The van der Waals surface area contributed by atoms with Gasteiger partial charge >= 0.3 is 0 Å². The van der Waals surface area contributed by atoms with E-state index in [4.69, 9.17) is 19.2 Å². The number of para-hydroxylation sites is 2. The standard InChI is InChI=1S/C52H58N8O8S2/c1-32(53-25-39-21-36-11-7-9-13-42(36)58-39)17-33(2)67-30-34-18-35(20-38(19-34)59-50(64)29-57-49(63)28-56-48(62)27-55-47(61)15-16-52(3,4)70-69-6)31-68-46-24-43-41(23-45(46)66-5)51(65)60-40(26-54-43)22-37-12-8-10-14-44(37)60/h7-14,17-20,23-26,39-40,58H,1,15-16,21-22,27-31H2,2-6H3,(H,55,61)(H,56,62)(H,57,63)(H,59,64)/b33-17+,53-25?/t39-,40-/m0/s1. The number of aliphatic imine (C=N–C) groups is 2. The first-order valence-corrected chi connectivity index (χ1v) is 25.4. The Morgan fingerprint density at radius 1 is 0.886 bits per heavy atom. The van der Waals surface area contributed by atoms with E-state index in [1.807, 2.05) is 61.0 Å². The summed E-state index contributed by atoms with van der Waals surface area (Å²) < 4.78 is 18.1. The van der Waals surface area contributed by atoms with Gasteiger partial charge in [-0.2, -0.15) is 0 Å². The van der Waals surface area contributed by atoms with Gasteiger partial charge in [-0.15, -0.1) is 0 Å². The van der Waals surface area contributed by atoms with Gasteiger partial charge < -0.3 is 40.8 Å². The van der Waals surface area contributed by atoms with Crippen LogP contribution in [0.2, 0.25) is 0 Å². The van der Waals surface area contributed by atoms with Gasteiger partial charge in [0.15, 0.2) is 11.5 Å². The van der Waals surface area contributed by atoms with Gasteiger partial charge in [0, 0.05) is 59.2 Å². The lowest BCUT2D eigenvalue weighted by molar-refractivity contribution is -0.128. The topological polar surface area (TPSA) is 201 Å². The predicted octanol–water partition coefficient (Wildman–Crippen LogP) is 7.46. The highest BCUT2D eigenvalue weighted by Gasteiger charge is 2.36. The summed E-state index contributed by atoms with van der Waals surface area (Å²) >= 11 is 0. The van der Waals surface area contributed by atoms with Crippen molar-refractivity contribution in [1.29, 1.82) is 0 Å². The molecule has 3 aliphatic rings. The Bertz CT molecular complexity index is 2710. The van der Waals surface area contributed by atoms with Gasteiger partial charge in [0.25, 0.3) is 5.91 Å². The summed E-state index contributed by atoms with van der Waals surface area (Å²) in [6.07, 6.45) is 9.75. The molecular weight excluding hydrogens is 929 g/mol. The van der Waals surface area contributed by atoms with Crippen molar-refractivity contribution in [2.24, 2.45) is 9.98 Å². The van der Waals surface area contributed by atoms with Gasteiger partial charge in [0.2, 0.25) is 23.6 Å². The SMILES string of the molecule is C=C(/C=C(\C)OCc1cc(COc2cc3c(cc2OC)C(=O)N2c4ccccc4C[C@H]2C=N3)cc(NC(=O)CNC(=O)CNC(=O)CNC(=O)CCC(C)(C)SSC)c1)N=C[C@@H]1Cc2ccccc2N1. The van der Waals surface area contributed by atoms with Crippen LogP contribution in [0.1, 0.15) is 66.2 Å². The molecule has 3 heterocycles. The van der Waals surface area contributed by atoms with Crippen LogP contribution < -0.4 is 41.0 Å². The van der Waals surface area contributed by atoms with Crippen LogP contribution in [0.5, 0.6) is 11.5 Å². The van der Waals surface area contributed by atoms with E-state index in [2.05, 4.69) is 58.1 Å². The number of nitrogens with one attached hydrogen (secondary N) is 5. The molecule has 4 aromatic rings. The average molecular weight is 987 g/mol. The molecule has 0 aliphatic carbocycles. The van der Waals surface area contributed by atoms with E-state index in [9.17, 15) is 24.0 Å². The zero-order valence-electron chi connectivity index (χ0n) is 39.9. The van der Waals surface area contributed by atoms with Crippen molar-refractivity contribution in [3.63, 3.8) is 0 Å². The molecule has 4 aromatic carbocycles. The molecule has 7 rings (SSSR count). The second-order valence-corrected chi connectivity index (χ2v) is 20.6. The molecule has 18 heteroatoms. The number of hydrogen-bond donors (Lipinski definition) is 5. The Hall–Kier alpha value is -7.05. The zero-order valence-corrected chi connectivity index (χ0v) is 41.5. The fourth-order valence-electron chi connectivity index (χ4n) is 8.10. The maximum Gasteiger partial charge on any atom is 0.261 e. The number of carbonyl (C=O) groups is 5. The molecule has 5 amide bonds. The van der Waals surface area contributed by atoms with E-state index in [1.165, 1.54) is 12.7 Å². The van der Waals surface area contributed by atoms with Gasteiger partial charge in [-0.3, -0.25) is 38.9 Å². The van der Waals surface area contributed by atoms with Crippen molar-refractivity contribution in [1.82, 2.24) is 16.0 Å². The largest absolute Gasteiger partial charge is 0.493 e. The first-order valence-electron chi connectivity index (χ1n) is 22.8. The Morgan fingerprint density at radius 2 is 1.57 bits per heavy atom. The van der Waals surface area contributed by atoms with E-state index in [0.29, 0.717) is 63.9 Å². The number of hydrogen-bond acceptors (Lipinski definition) is 13. The van der Waals surface area contributed by atoms with Crippen molar-refractivity contribution in [3.8, 4) is 11.5 Å². The molecular formula is C52H58N8O8S2. The number of carbonyl (C=O) groups excluding carboxylic acids is 5. The number of nitrogens with zero attached hydrogens (tertiary/aromatic N) is 3. The highest BCUT2D eigenvalue weighted by Crippen LogP contribution is 2.41. The van der Waals surface area contributed by atoms with Crippen LogP contribution >= 0.6 is 21.6 Å². The maximum absolute atomic E-state index is 14.0. The van der Waals surface area contributed by atoms with Crippen molar-refractivity contribution < 1.29 is 38.2 Å². The minimum Gasteiger partial charge on any atom is -0.493 e. The van der Waals surface area contributed by atoms with Crippen LogP contribution in [-0.4, -0.2) is 91.8 Å². The van der Waals surface area contributed by atoms with Gasteiger partial charge in [0.05, 0.1) is 61.5 Å². The second kappa shape index (κ2) is 23.5. The molecule has 2 atom stereocenters. The number of benzene rings is 4. The molecule has 70 heavy (non-hydrogen) atoms. The third-order valence-corrected chi connectivity index (χ3v) is 14.2. The number of fused-ring (bicyclic) bond motifs is 5. The molecule has 16 nitrogen and oxygen atoms in total. The Morgan fingerprint density at radius 3 is 2.30 bits per heavy atom. The number of amides is 5. The number of methoxy groups -OCH3 is 1. The minimum absolute atomic E-state index is 0.0248. The summed E-state index contributed by atoms with van der Waals surface area (Å²) in [6, 6.07) is 24.5. The van der Waals surface area contributed by atoms with E-state index in [-0.39, 0.29) is 67.9 Å². The molecule has 0 fully saturated rings. The van der Waals surface area contributed by atoms with Crippen molar-refractivity contribution in [2.45, 2.75) is 76.5 Å². The number of anilines is 3. The molecule has 0 unspecified atom stereocenters. The molecule has 0 saturated heterocycles. The normalized spacial score (nSPS) is 15.7. The number of ether oxygens (including phenoxy) is 3. The van der Waals surface area contributed by atoms with E-state index >= 15 is 0 Å². The van der Waals surface area contributed by atoms with Gasteiger partial charge in [-0.05, 0) is 98.5 Å². The lowest BCUT2D eigenvalue weighted by atomic mass is 10.1. The van der Waals surface area contributed by atoms with E-state index in [0.717, 1.165) is 23.4 Å². The highest BCUT2D eigenvalue weighted by atomic mass is 33.1. The van der Waals surface area contributed by atoms with Gasteiger partial charge in [0.1, 0.15) is 13.2 Å². The first kappa shape index (κ1) is 50.8. The molecule has 0 spiro atoms. The van der Waals surface area contributed by atoms with Gasteiger partial charge in [-0.25, -0.2) is 0 Å². The van der Waals surface area contributed by atoms with Crippen LogP contribution in [0.4, 0.5) is 22.7 Å². The molecule has 5 N–H and O–H groups in total. The summed E-state index contributed by atoms with van der Waals surface area (Å²) in [5.74, 6) is -0.832. The predicted molar refractivity (Wildman–Crippen MR) is 278 cm³/mol. The monoisotopic (exact) mass is 986 g/mol. The summed E-state index contributed by atoms with van der Waals surface area (Å²) in [7, 11) is 4.82. The van der Waals surface area contributed by atoms with E-state index < -0.39 is 17.7 Å². The van der Waals surface area contributed by atoms with Gasteiger partial charge in [-0.1, -0.05) is 64.6 Å². The lowest BCUT2D eigenvalue weighted by Crippen LogP contribution is -2.43. The first-order chi connectivity index (χ1) is 33.7. The molecule has 0 bridgehead atoms. The maximum atomic E-state index is 14.0. The molecule has 0 aromatic heterocycles. The quantitative estimate of drug-likeness (QED) is 0.0227. The average Bonchev–Trinajstić information content (AvgIpc) is 3.91. The molecule has 0 radical (unpaired) electrons. The van der Waals surface area contributed by atoms with E-state index in [1.54, 1.807) is 70.0 Å². The minimum atomic E-state index is -0.592. The Labute approximate surface area is 416 Å². The van der Waals surface area contributed by atoms with Crippen molar-refractivity contribution in [2.75, 3.05) is 48.5 Å². The Balaban J connectivity index is 0.980.